The molecule has 5 heteroatoms. The molecule has 0 aromatic heterocycles. The fourth-order valence-corrected chi connectivity index (χ4v) is 7.19. The summed E-state index contributed by atoms with van der Waals surface area (Å²) in [5, 5.41) is 0. The highest BCUT2D eigenvalue weighted by molar-refractivity contribution is 5.78. The number of hydrogen-bond acceptors (Lipinski definition) is 4. The van der Waals surface area contributed by atoms with Gasteiger partial charge in [0.2, 0.25) is 5.91 Å². The summed E-state index contributed by atoms with van der Waals surface area (Å²) >= 11 is 0. The highest BCUT2D eigenvalue weighted by atomic mass is 16.5. The van der Waals surface area contributed by atoms with Crippen molar-refractivity contribution < 1.29 is 9.53 Å². The van der Waals surface area contributed by atoms with E-state index in [0.29, 0.717) is 42.0 Å². The van der Waals surface area contributed by atoms with Crippen molar-refractivity contribution in [2.45, 2.75) is 103 Å². The van der Waals surface area contributed by atoms with E-state index in [0.717, 1.165) is 45.6 Å². The number of hydrogen-bond donors (Lipinski definition) is 0. The van der Waals surface area contributed by atoms with E-state index >= 15 is 0 Å². The fraction of sp³-hybridized carbons (Fsp3) is 0.893. The highest BCUT2D eigenvalue weighted by Crippen LogP contribution is 2.42. The second-order valence-electron chi connectivity index (χ2n) is 11.0. The third-order valence-electron chi connectivity index (χ3n) is 9.07. The first-order valence-corrected chi connectivity index (χ1v) is 13.9. The molecule has 190 valence electrons. The van der Waals surface area contributed by atoms with Gasteiger partial charge in [-0.05, 0) is 84.5 Å². The van der Waals surface area contributed by atoms with Crippen LogP contribution in [0.3, 0.4) is 0 Å². The van der Waals surface area contributed by atoms with Gasteiger partial charge < -0.3 is 9.64 Å². The molecule has 1 aliphatic heterocycles. The van der Waals surface area contributed by atoms with Gasteiger partial charge in [-0.1, -0.05) is 12.5 Å². The Labute approximate surface area is 203 Å². The minimum atomic E-state index is 0.237. The Hall–Kier alpha value is -0.910. The predicted octanol–water partition coefficient (Wildman–Crippen LogP) is 4.82. The molecule has 0 spiro atoms. The van der Waals surface area contributed by atoms with Crippen LogP contribution < -0.4 is 0 Å². The van der Waals surface area contributed by atoms with Gasteiger partial charge in [-0.25, -0.2) is 0 Å². The topological polar surface area (TPSA) is 36.0 Å². The van der Waals surface area contributed by atoms with Gasteiger partial charge in [0.1, 0.15) is 0 Å². The predicted molar refractivity (Wildman–Crippen MR) is 137 cm³/mol. The van der Waals surface area contributed by atoms with E-state index in [1.807, 2.05) is 12.0 Å². The lowest BCUT2D eigenvalue weighted by Gasteiger charge is -2.53. The molecule has 3 unspecified atom stereocenters. The molecule has 0 bridgehead atoms. The standard InChI is InChI=1S/C28H51N3O2/c1-7-17-30-19-22(5)31(20-21(30)4)27(25-11-10-12-26(18-25)33-6)23-13-15-24(16-14-23)28(32)29(8-2)9-3/h7,21-27H,1,8-20H2,2-6H3/t21?,22-,23?,24?,25?,26?,27+/m0/s1. The Bertz CT molecular complexity index is 614. The van der Waals surface area contributed by atoms with Crippen molar-refractivity contribution in [1.29, 1.82) is 0 Å². The van der Waals surface area contributed by atoms with Crippen LogP contribution in [-0.4, -0.2) is 84.7 Å². The Morgan fingerprint density at radius 3 is 2.33 bits per heavy atom. The average molecular weight is 462 g/mol. The van der Waals surface area contributed by atoms with E-state index in [-0.39, 0.29) is 5.92 Å². The number of nitrogens with zero attached hydrogens (tertiary/aromatic N) is 3. The van der Waals surface area contributed by atoms with Gasteiger partial charge in [0.05, 0.1) is 6.10 Å². The van der Waals surface area contributed by atoms with Crippen molar-refractivity contribution in [3.05, 3.63) is 12.7 Å². The van der Waals surface area contributed by atoms with E-state index in [1.165, 1.54) is 38.5 Å². The van der Waals surface area contributed by atoms with Crippen LogP contribution in [0, 0.1) is 17.8 Å². The second-order valence-corrected chi connectivity index (χ2v) is 11.0. The van der Waals surface area contributed by atoms with Gasteiger partial charge in [-0.3, -0.25) is 14.6 Å². The number of rotatable bonds is 9. The van der Waals surface area contributed by atoms with Gasteiger partial charge >= 0.3 is 0 Å². The van der Waals surface area contributed by atoms with E-state index in [1.54, 1.807) is 0 Å². The lowest BCUT2D eigenvalue weighted by Crippen LogP contribution is -2.62. The molecule has 5 atom stereocenters. The third-order valence-corrected chi connectivity index (χ3v) is 9.07. The molecule has 0 aromatic carbocycles. The highest BCUT2D eigenvalue weighted by Gasteiger charge is 2.43. The first kappa shape index (κ1) is 26.7. The molecule has 2 aliphatic carbocycles. The SMILES string of the molecule is C=CCN1C[C@H](C)N([C@H](C2CCC(C(=O)N(CC)CC)CC2)C2CCCC(OC)C2)CC1C. The summed E-state index contributed by atoms with van der Waals surface area (Å²) in [6.07, 6.45) is 12.0. The maximum Gasteiger partial charge on any atom is 0.225 e. The number of amides is 1. The first-order chi connectivity index (χ1) is 15.9. The minimum Gasteiger partial charge on any atom is -0.381 e. The summed E-state index contributed by atoms with van der Waals surface area (Å²) in [5.74, 6) is 2.05. The molecule has 0 radical (unpaired) electrons. The number of piperazine rings is 1. The molecular weight excluding hydrogens is 410 g/mol. The maximum atomic E-state index is 13.0. The van der Waals surface area contributed by atoms with Crippen LogP contribution in [0.1, 0.15) is 79.1 Å². The van der Waals surface area contributed by atoms with Crippen molar-refractivity contribution in [2.75, 3.05) is 39.8 Å². The summed E-state index contributed by atoms with van der Waals surface area (Å²) in [6, 6.07) is 1.74. The summed E-state index contributed by atoms with van der Waals surface area (Å²) in [7, 11) is 1.89. The van der Waals surface area contributed by atoms with Crippen molar-refractivity contribution in [2.24, 2.45) is 17.8 Å². The van der Waals surface area contributed by atoms with Crippen molar-refractivity contribution in [1.82, 2.24) is 14.7 Å². The van der Waals surface area contributed by atoms with E-state index in [9.17, 15) is 4.79 Å². The Kier molecular flexibility index (Phi) is 10.3. The van der Waals surface area contributed by atoms with Crippen molar-refractivity contribution in [3.8, 4) is 0 Å². The van der Waals surface area contributed by atoms with Gasteiger partial charge in [-0.2, -0.15) is 0 Å². The average Bonchev–Trinajstić information content (AvgIpc) is 2.83. The van der Waals surface area contributed by atoms with E-state index in [4.69, 9.17) is 4.74 Å². The largest absolute Gasteiger partial charge is 0.381 e. The monoisotopic (exact) mass is 461 g/mol. The molecule has 3 aliphatic rings. The molecular formula is C28H51N3O2. The van der Waals surface area contributed by atoms with Crippen LogP contribution in [0.4, 0.5) is 0 Å². The van der Waals surface area contributed by atoms with Crippen LogP contribution in [0.5, 0.6) is 0 Å². The molecule has 33 heavy (non-hydrogen) atoms. The minimum absolute atomic E-state index is 0.237. The zero-order valence-corrected chi connectivity index (χ0v) is 22.2. The molecule has 3 rings (SSSR count). The van der Waals surface area contributed by atoms with Crippen LogP contribution >= 0.6 is 0 Å². The molecule has 1 saturated heterocycles. The van der Waals surface area contributed by atoms with Gasteiger partial charge in [0.25, 0.3) is 0 Å². The molecule has 0 N–H and O–H groups in total. The zero-order chi connectivity index (χ0) is 24.0. The Morgan fingerprint density at radius 2 is 1.73 bits per heavy atom. The van der Waals surface area contributed by atoms with Crippen LogP contribution in [0.15, 0.2) is 12.7 Å². The lowest BCUT2D eigenvalue weighted by atomic mass is 9.70. The van der Waals surface area contributed by atoms with Crippen LogP contribution in [0.2, 0.25) is 0 Å². The summed E-state index contributed by atoms with van der Waals surface area (Å²) in [5.41, 5.74) is 0. The smallest absolute Gasteiger partial charge is 0.225 e. The molecule has 5 nitrogen and oxygen atoms in total. The summed E-state index contributed by atoms with van der Waals surface area (Å²) in [4.78, 5) is 20.5. The third kappa shape index (κ3) is 6.41. The fourth-order valence-electron chi connectivity index (χ4n) is 7.19. The molecule has 2 saturated carbocycles. The number of ether oxygens (including phenoxy) is 1. The second kappa shape index (κ2) is 12.7. The van der Waals surface area contributed by atoms with Crippen molar-refractivity contribution in [3.63, 3.8) is 0 Å². The quantitative estimate of drug-likeness (QED) is 0.462. The van der Waals surface area contributed by atoms with Crippen LogP contribution in [0.25, 0.3) is 0 Å². The van der Waals surface area contributed by atoms with Crippen LogP contribution in [-0.2, 0) is 9.53 Å². The normalized spacial score (nSPS) is 35.2. The van der Waals surface area contributed by atoms with E-state index in [2.05, 4.69) is 50.1 Å². The van der Waals surface area contributed by atoms with Gasteiger partial charge in [0, 0.05) is 63.9 Å². The van der Waals surface area contributed by atoms with Gasteiger partial charge in [0.15, 0.2) is 0 Å². The summed E-state index contributed by atoms with van der Waals surface area (Å²) < 4.78 is 5.85. The number of carbonyl (C=O) groups is 1. The van der Waals surface area contributed by atoms with E-state index < -0.39 is 0 Å². The summed E-state index contributed by atoms with van der Waals surface area (Å²) in [6.45, 7) is 17.9. The Balaban J connectivity index is 1.74. The molecule has 0 aromatic rings. The molecule has 3 fully saturated rings. The number of carbonyl (C=O) groups excluding carboxylic acids is 1. The first-order valence-electron chi connectivity index (χ1n) is 13.9. The molecule has 1 heterocycles. The van der Waals surface area contributed by atoms with Crippen molar-refractivity contribution >= 4 is 5.91 Å². The van der Waals surface area contributed by atoms with Gasteiger partial charge in [-0.15, -0.1) is 6.58 Å². The molecule has 1 amide bonds. The zero-order valence-electron chi connectivity index (χ0n) is 22.2. The number of methoxy groups -OCH3 is 1. The lowest BCUT2D eigenvalue weighted by molar-refractivity contribution is -0.137. The Morgan fingerprint density at radius 1 is 1.03 bits per heavy atom. The maximum absolute atomic E-state index is 13.0.